The van der Waals surface area contributed by atoms with E-state index in [0.717, 1.165) is 6.42 Å². The molecule has 0 amide bonds. The third-order valence-electron chi connectivity index (χ3n) is 3.50. The third-order valence-corrected chi connectivity index (χ3v) is 3.50. The van der Waals surface area contributed by atoms with E-state index < -0.39 is 5.41 Å². The average molecular weight is 326 g/mol. The predicted octanol–water partition coefficient (Wildman–Crippen LogP) is 5.31. The molecule has 0 radical (unpaired) electrons. The van der Waals surface area contributed by atoms with E-state index in [1.54, 1.807) is 31.4 Å². The number of rotatable bonds is 7. The fourth-order valence-electron chi connectivity index (χ4n) is 1.57. The highest BCUT2D eigenvalue weighted by molar-refractivity contribution is 5.78. The van der Waals surface area contributed by atoms with Gasteiger partial charge >= 0.3 is 5.97 Å². The maximum Gasteiger partial charge on any atom is 0.316 e. The maximum atomic E-state index is 12.0. The molecule has 4 heteroatoms. The van der Waals surface area contributed by atoms with Gasteiger partial charge in [-0.2, -0.15) is 0 Å². The Morgan fingerprint density at radius 1 is 1.09 bits per heavy atom. The highest BCUT2D eigenvalue weighted by Crippen LogP contribution is 2.25. The Bertz CT molecular complexity index is 449. The fourth-order valence-corrected chi connectivity index (χ4v) is 1.57. The van der Waals surface area contributed by atoms with Crippen LogP contribution in [0.25, 0.3) is 0 Å². The van der Waals surface area contributed by atoms with Gasteiger partial charge in [-0.05, 0) is 44.5 Å². The van der Waals surface area contributed by atoms with E-state index in [0.29, 0.717) is 11.5 Å². The summed E-state index contributed by atoms with van der Waals surface area (Å²) >= 11 is 0. The first-order valence-electron chi connectivity index (χ1n) is 7.32. The maximum absolute atomic E-state index is 12.0. The quantitative estimate of drug-likeness (QED) is 0.387. The first-order valence-corrected chi connectivity index (χ1v) is 7.32. The van der Waals surface area contributed by atoms with E-state index >= 15 is 0 Å². The molecule has 0 aliphatic carbocycles. The van der Waals surface area contributed by atoms with Gasteiger partial charge in [0.2, 0.25) is 6.29 Å². The van der Waals surface area contributed by atoms with Crippen LogP contribution in [0.15, 0.2) is 24.3 Å². The number of benzene rings is 1. The van der Waals surface area contributed by atoms with Gasteiger partial charge in [0.25, 0.3) is 0 Å². The average Bonchev–Trinajstić information content (AvgIpc) is 2.45. The van der Waals surface area contributed by atoms with Crippen LogP contribution in [-0.2, 0) is 9.53 Å². The first kappa shape index (κ1) is 23.7. The van der Waals surface area contributed by atoms with Crippen LogP contribution in [0.1, 0.15) is 55.9 Å². The molecule has 0 aliphatic rings. The van der Waals surface area contributed by atoms with Crippen molar-refractivity contribution >= 4 is 5.97 Å². The molecule has 0 heterocycles. The third kappa shape index (κ3) is 7.04. The monoisotopic (exact) mass is 326 g/mol. The second-order valence-electron chi connectivity index (χ2n) is 6.06. The summed E-state index contributed by atoms with van der Waals surface area (Å²) in [6, 6.07) is 7.00. The summed E-state index contributed by atoms with van der Waals surface area (Å²) in [5, 5.41) is 0. The van der Waals surface area contributed by atoms with Crippen LogP contribution in [0.4, 0.5) is 0 Å². The van der Waals surface area contributed by atoms with Crippen molar-refractivity contribution in [2.75, 3.05) is 7.11 Å². The first-order chi connectivity index (χ1) is 9.80. The van der Waals surface area contributed by atoms with Crippen LogP contribution >= 0.6 is 0 Å². The summed E-state index contributed by atoms with van der Waals surface area (Å²) < 4.78 is 16.4. The van der Waals surface area contributed by atoms with Gasteiger partial charge < -0.3 is 14.2 Å². The molecule has 1 aromatic rings. The Morgan fingerprint density at radius 3 is 1.96 bits per heavy atom. The molecule has 0 fully saturated rings. The molecule has 0 saturated carbocycles. The summed E-state index contributed by atoms with van der Waals surface area (Å²) in [7, 11) is 1.62. The zero-order valence-corrected chi connectivity index (χ0v) is 13.8. The summed E-state index contributed by atoms with van der Waals surface area (Å²) in [5.41, 5.74) is -0.478. The minimum absolute atomic E-state index is 0. The molecule has 0 aromatic heterocycles. The molecule has 134 valence electrons. The van der Waals surface area contributed by atoms with Crippen LogP contribution in [0.3, 0.4) is 0 Å². The molecular formula is C19H34O4. The van der Waals surface area contributed by atoms with Crippen molar-refractivity contribution in [3.05, 3.63) is 24.3 Å². The van der Waals surface area contributed by atoms with Gasteiger partial charge in [0, 0.05) is 13.0 Å². The van der Waals surface area contributed by atoms with Crippen molar-refractivity contribution in [2.24, 2.45) is 11.3 Å². The van der Waals surface area contributed by atoms with Crippen LogP contribution < -0.4 is 9.47 Å². The number of ether oxygens (including phenoxy) is 3. The number of esters is 1. The van der Waals surface area contributed by atoms with Crippen molar-refractivity contribution < 1.29 is 19.0 Å². The smallest absolute Gasteiger partial charge is 0.316 e. The predicted molar refractivity (Wildman–Crippen MR) is 95.9 cm³/mol. The number of hydrogen-bond donors (Lipinski definition) is 0. The fraction of sp³-hybridized carbons (Fsp3) is 0.632. The number of carbonyl (C=O) groups is 1. The zero-order valence-electron chi connectivity index (χ0n) is 13.8. The molecule has 0 saturated heterocycles. The minimum Gasteiger partial charge on any atom is -0.465 e. The molecule has 0 aliphatic heterocycles. The van der Waals surface area contributed by atoms with Gasteiger partial charge in [0.15, 0.2) is 0 Å². The van der Waals surface area contributed by atoms with Crippen molar-refractivity contribution in [3.8, 4) is 11.5 Å². The van der Waals surface area contributed by atoms with Gasteiger partial charge in [-0.3, -0.25) is 4.79 Å². The van der Waals surface area contributed by atoms with Gasteiger partial charge in [-0.25, -0.2) is 0 Å². The Kier molecular flexibility index (Phi) is 10.6. The highest BCUT2D eigenvalue weighted by atomic mass is 16.7. The number of hydrogen-bond acceptors (Lipinski definition) is 4. The van der Waals surface area contributed by atoms with E-state index in [9.17, 15) is 4.79 Å². The molecule has 1 aromatic carbocycles. The summed E-state index contributed by atoms with van der Waals surface area (Å²) in [5.74, 6) is 1.23. The van der Waals surface area contributed by atoms with Crippen molar-refractivity contribution in [2.45, 2.75) is 62.2 Å². The van der Waals surface area contributed by atoms with Crippen molar-refractivity contribution in [1.82, 2.24) is 0 Å². The molecule has 23 heavy (non-hydrogen) atoms. The van der Waals surface area contributed by atoms with E-state index in [-0.39, 0.29) is 33.0 Å². The summed E-state index contributed by atoms with van der Waals surface area (Å²) in [4.78, 5) is 12.0. The normalized spacial score (nSPS) is 12.0. The SMILES string of the molecule is C.C.CCC(C)(C)C(=O)Oc1ccc(OC(OC)C(C)C)cc1. The second-order valence-corrected chi connectivity index (χ2v) is 6.06. The summed E-state index contributed by atoms with van der Waals surface area (Å²) in [6.07, 6.45) is 0.439. The Labute approximate surface area is 142 Å². The Morgan fingerprint density at radius 2 is 1.57 bits per heavy atom. The van der Waals surface area contributed by atoms with Gasteiger partial charge in [-0.15, -0.1) is 0 Å². The Hall–Kier alpha value is -1.55. The standard InChI is InChI=1S/C17H26O4.2CH4/c1-7-17(4,5)16(18)21-14-10-8-13(9-11-14)20-15(19-6)12(2)3;;/h8-12,15H,7H2,1-6H3;2*1H4. The lowest BCUT2D eigenvalue weighted by Crippen LogP contribution is -2.28. The second kappa shape index (κ2) is 10.3. The van der Waals surface area contributed by atoms with Gasteiger partial charge in [0.1, 0.15) is 11.5 Å². The zero-order chi connectivity index (χ0) is 16.0. The molecule has 0 N–H and O–H groups in total. The highest BCUT2D eigenvalue weighted by Gasteiger charge is 2.27. The van der Waals surface area contributed by atoms with E-state index in [4.69, 9.17) is 14.2 Å². The molecular weight excluding hydrogens is 292 g/mol. The molecule has 0 bridgehead atoms. The molecule has 4 nitrogen and oxygen atoms in total. The van der Waals surface area contributed by atoms with Gasteiger partial charge in [0.05, 0.1) is 5.41 Å². The van der Waals surface area contributed by atoms with Gasteiger partial charge in [-0.1, -0.05) is 35.6 Å². The van der Waals surface area contributed by atoms with E-state index in [1.165, 1.54) is 0 Å². The van der Waals surface area contributed by atoms with Crippen LogP contribution in [0.5, 0.6) is 11.5 Å². The summed E-state index contributed by atoms with van der Waals surface area (Å²) in [6.45, 7) is 9.76. The van der Waals surface area contributed by atoms with Crippen molar-refractivity contribution in [1.29, 1.82) is 0 Å². The number of carbonyl (C=O) groups excluding carboxylic acids is 1. The lowest BCUT2D eigenvalue weighted by molar-refractivity contribution is -0.144. The van der Waals surface area contributed by atoms with Crippen molar-refractivity contribution in [3.63, 3.8) is 0 Å². The Balaban J connectivity index is 0. The topological polar surface area (TPSA) is 44.8 Å². The molecule has 1 rings (SSSR count). The van der Waals surface area contributed by atoms with Crippen LogP contribution in [-0.4, -0.2) is 19.4 Å². The van der Waals surface area contributed by atoms with Crippen LogP contribution in [0, 0.1) is 11.3 Å². The molecule has 1 unspecified atom stereocenters. The lowest BCUT2D eigenvalue weighted by atomic mass is 9.91. The molecule has 0 spiro atoms. The number of methoxy groups -OCH3 is 1. The van der Waals surface area contributed by atoms with E-state index in [2.05, 4.69) is 0 Å². The lowest BCUT2D eigenvalue weighted by Gasteiger charge is -2.21. The van der Waals surface area contributed by atoms with Crippen LogP contribution in [0.2, 0.25) is 0 Å². The largest absolute Gasteiger partial charge is 0.465 e. The minimum atomic E-state index is -0.478. The molecule has 1 atom stereocenters. The van der Waals surface area contributed by atoms with E-state index in [1.807, 2.05) is 34.6 Å².